The first-order valence-corrected chi connectivity index (χ1v) is 9.79. The second-order valence-corrected chi connectivity index (χ2v) is 7.97. The monoisotopic (exact) mass is 359 g/mol. The summed E-state index contributed by atoms with van der Waals surface area (Å²) in [5.74, 6) is -0.299. The largest absolute Gasteiger partial charge is 0.348 e. The number of hydrogen-bond donors (Lipinski definition) is 1. The molecular weight excluding hydrogens is 338 g/mol. The topological polar surface area (TPSA) is 79.4 Å². The third-order valence-electron chi connectivity index (χ3n) is 4.25. The summed E-state index contributed by atoms with van der Waals surface area (Å²) in [7, 11) is -3.54. The molecule has 0 aliphatic carbocycles. The Balaban J connectivity index is 1.73. The molecular formula is C18H21N3O3S. The van der Waals surface area contributed by atoms with Crippen LogP contribution in [0.1, 0.15) is 35.2 Å². The fraction of sp³-hybridized carbons (Fsp3) is 0.333. The maximum Gasteiger partial charge on any atom is 0.251 e. The van der Waals surface area contributed by atoms with Crippen LogP contribution in [0.5, 0.6) is 0 Å². The number of benzene rings is 1. The summed E-state index contributed by atoms with van der Waals surface area (Å²) in [6.07, 6.45) is 6.14. The molecule has 2 aromatic rings. The van der Waals surface area contributed by atoms with Crippen molar-refractivity contribution in [2.24, 2.45) is 0 Å². The molecule has 3 rings (SSSR count). The van der Waals surface area contributed by atoms with E-state index in [9.17, 15) is 13.2 Å². The molecule has 1 aromatic heterocycles. The number of carbonyl (C=O) groups excluding carboxylic acids is 1. The lowest BCUT2D eigenvalue weighted by molar-refractivity contribution is 0.0950. The molecule has 7 heteroatoms. The van der Waals surface area contributed by atoms with Crippen molar-refractivity contribution < 1.29 is 13.2 Å². The van der Waals surface area contributed by atoms with Crippen LogP contribution < -0.4 is 5.32 Å². The molecule has 1 aromatic carbocycles. The van der Waals surface area contributed by atoms with Gasteiger partial charge in [0.25, 0.3) is 5.91 Å². The van der Waals surface area contributed by atoms with E-state index in [0.29, 0.717) is 25.2 Å². The van der Waals surface area contributed by atoms with E-state index in [1.807, 2.05) is 12.1 Å². The molecule has 1 amide bonds. The number of nitrogens with zero attached hydrogens (tertiary/aromatic N) is 2. The zero-order chi connectivity index (χ0) is 17.7. The molecule has 1 N–H and O–H groups in total. The highest BCUT2D eigenvalue weighted by Crippen LogP contribution is 2.21. The van der Waals surface area contributed by atoms with Gasteiger partial charge >= 0.3 is 0 Å². The average molecular weight is 359 g/mol. The van der Waals surface area contributed by atoms with Crippen molar-refractivity contribution in [3.05, 3.63) is 59.9 Å². The Morgan fingerprint density at radius 1 is 1.08 bits per heavy atom. The highest BCUT2D eigenvalue weighted by Gasteiger charge is 2.26. The molecule has 0 saturated carbocycles. The van der Waals surface area contributed by atoms with Crippen molar-refractivity contribution in [2.75, 3.05) is 13.1 Å². The van der Waals surface area contributed by atoms with Crippen LogP contribution in [0.15, 0.2) is 53.7 Å². The first-order valence-electron chi connectivity index (χ1n) is 8.35. The molecule has 0 atom stereocenters. The zero-order valence-corrected chi connectivity index (χ0v) is 14.7. The van der Waals surface area contributed by atoms with Crippen LogP contribution in [-0.4, -0.2) is 36.7 Å². The average Bonchev–Trinajstić information content (AvgIpc) is 2.67. The number of sulfonamides is 1. The van der Waals surface area contributed by atoms with Crippen molar-refractivity contribution in [2.45, 2.75) is 30.7 Å². The van der Waals surface area contributed by atoms with E-state index in [2.05, 4.69) is 10.3 Å². The second kappa shape index (κ2) is 7.76. The smallest absolute Gasteiger partial charge is 0.251 e. The third-order valence-corrected chi connectivity index (χ3v) is 6.15. The molecule has 6 nitrogen and oxygen atoms in total. The lowest BCUT2D eigenvalue weighted by Gasteiger charge is -2.26. The number of aromatic nitrogens is 1. The highest BCUT2D eigenvalue weighted by molar-refractivity contribution is 7.89. The van der Waals surface area contributed by atoms with Gasteiger partial charge in [-0.15, -0.1) is 0 Å². The van der Waals surface area contributed by atoms with Crippen molar-refractivity contribution in [3.63, 3.8) is 0 Å². The number of hydrogen-bond acceptors (Lipinski definition) is 4. The van der Waals surface area contributed by atoms with E-state index < -0.39 is 10.0 Å². The van der Waals surface area contributed by atoms with E-state index in [0.717, 1.165) is 24.8 Å². The van der Waals surface area contributed by atoms with Gasteiger partial charge in [0.15, 0.2) is 0 Å². The SMILES string of the molecule is O=C(NCc1ccncc1)c1cccc(S(=O)(=O)N2CCCCC2)c1. The highest BCUT2D eigenvalue weighted by atomic mass is 32.2. The van der Waals surface area contributed by atoms with Crippen LogP contribution in [0.4, 0.5) is 0 Å². The lowest BCUT2D eigenvalue weighted by atomic mass is 10.2. The predicted molar refractivity (Wildman–Crippen MR) is 94.5 cm³/mol. The Bertz CT molecular complexity index is 832. The first-order chi connectivity index (χ1) is 12.1. The van der Waals surface area contributed by atoms with Crippen molar-refractivity contribution in [1.82, 2.24) is 14.6 Å². The number of rotatable bonds is 5. The molecule has 1 saturated heterocycles. The Morgan fingerprint density at radius 2 is 1.80 bits per heavy atom. The van der Waals surface area contributed by atoms with Crippen LogP contribution in [0, 0.1) is 0 Å². The van der Waals surface area contributed by atoms with Gasteiger partial charge in [-0.2, -0.15) is 4.31 Å². The summed E-state index contributed by atoms with van der Waals surface area (Å²) in [5.41, 5.74) is 1.27. The number of nitrogens with one attached hydrogen (secondary N) is 1. The van der Waals surface area contributed by atoms with Gasteiger partial charge in [0.2, 0.25) is 10.0 Å². The van der Waals surface area contributed by atoms with Crippen LogP contribution in [0.25, 0.3) is 0 Å². The normalized spacial score (nSPS) is 15.7. The van der Waals surface area contributed by atoms with E-state index in [1.54, 1.807) is 30.6 Å². The standard InChI is InChI=1S/C18H21N3O3S/c22-18(20-14-15-7-9-19-10-8-15)16-5-4-6-17(13-16)25(23,24)21-11-2-1-3-12-21/h4-10,13H,1-3,11-12,14H2,(H,20,22). The molecule has 0 bridgehead atoms. The summed E-state index contributed by atoms with van der Waals surface area (Å²) in [6.45, 7) is 1.45. The fourth-order valence-corrected chi connectivity index (χ4v) is 4.40. The molecule has 1 aliphatic heterocycles. The van der Waals surface area contributed by atoms with Gasteiger partial charge in [-0.25, -0.2) is 8.42 Å². The predicted octanol–water partition coefficient (Wildman–Crippen LogP) is 2.19. The molecule has 0 unspecified atom stereocenters. The van der Waals surface area contributed by atoms with Gasteiger partial charge in [-0.1, -0.05) is 12.5 Å². The summed E-state index contributed by atoms with van der Waals surface area (Å²) in [6, 6.07) is 9.86. The molecule has 0 spiro atoms. The van der Waals surface area contributed by atoms with Crippen LogP contribution >= 0.6 is 0 Å². The van der Waals surface area contributed by atoms with E-state index >= 15 is 0 Å². The minimum Gasteiger partial charge on any atom is -0.348 e. The van der Waals surface area contributed by atoms with Crippen molar-refractivity contribution >= 4 is 15.9 Å². The Hall–Kier alpha value is -2.25. The van der Waals surface area contributed by atoms with Crippen LogP contribution in [-0.2, 0) is 16.6 Å². The summed E-state index contributed by atoms with van der Waals surface area (Å²) < 4.78 is 27.0. The van der Waals surface area contributed by atoms with Gasteiger partial charge in [0.05, 0.1) is 4.90 Å². The molecule has 0 radical (unpaired) electrons. The van der Waals surface area contributed by atoms with Gasteiger partial charge in [0.1, 0.15) is 0 Å². The Kier molecular flexibility index (Phi) is 5.45. The molecule has 132 valence electrons. The van der Waals surface area contributed by atoms with Crippen LogP contribution in [0.3, 0.4) is 0 Å². The van der Waals surface area contributed by atoms with Gasteiger partial charge < -0.3 is 5.32 Å². The maximum absolute atomic E-state index is 12.7. The van der Waals surface area contributed by atoms with E-state index in [-0.39, 0.29) is 10.8 Å². The molecule has 1 aliphatic rings. The van der Waals surface area contributed by atoms with Gasteiger partial charge in [-0.3, -0.25) is 9.78 Å². The van der Waals surface area contributed by atoms with E-state index in [1.165, 1.54) is 10.4 Å². The Labute approximate surface area is 147 Å². The zero-order valence-electron chi connectivity index (χ0n) is 13.9. The van der Waals surface area contributed by atoms with Crippen molar-refractivity contribution in [3.8, 4) is 0 Å². The molecule has 1 fully saturated rings. The van der Waals surface area contributed by atoms with E-state index in [4.69, 9.17) is 0 Å². The minimum atomic E-state index is -3.54. The van der Waals surface area contributed by atoms with Gasteiger partial charge in [-0.05, 0) is 48.7 Å². The Morgan fingerprint density at radius 3 is 2.52 bits per heavy atom. The van der Waals surface area contributed by atoms with Crippen LogP contribution in [0.2, 0.25) is 0 Å². The first kappa shape index (κ1) is 17.6. The quantitative estimate of drug-likeness (QED) is 0.887. The summed E-state index contributed by atoms with van der Waals surface area (Å²) in [5, 5.41) is 2.80. The lowest BCUT2D eigenvalue weighted by Crippen LogP contribution is -2.35. The minimum absolute atomic E-state index is 0.172. The fourth-order valence-electron chi connectivity index (χ4n) is 2.84. The van der Waals surface area contributed by atoms with Gasteiger partial charge in [0, 0.05) is 37.6 Å². The number of piperidine rings is 1. The second-order valence-electron chi connectivity index (χ2n) is 6.03. The number of amides is 1. The van der Waals surface area contributed by atoms with Crippen molar-refractivity contribution in [1.29, 1.82) is 0 Å². The summed E-state index contributed by atoms with van der Waals surface area (Å²) in [4.78, 5) is 16.4. The molecule has 2 heterocycles. The summed E-state index contributed by atoms with van der Waals surface area (Å²) >= 11 is 0. The number of carbonyl (C=O) groups is 1. The third kappa shape index (κ3) is 4.24. The number of pyridine rings is 1. The maximum atomic E-state index is 12.7. The molecule has 25 heavy (non-hydrogen) atoms.